The molecule has 2 rings (SSSR count). The van der Waals surface area contributed by atoms with E-state index in [2.05, 4.69) is 29.8 Å². The van der Waals surface area contributed by atoms with Gasteiger partial charge >= 0.3 is 0 Å². The first-order chi connectivity index (χ1) is 9.26. The summed E-state index contributed by atoms with van der Waals surface area (Å²) in [5.41, 5.74) is 6.82. The van der Waals surface area contributed by atoms with Crippen molar-refractivity contribution in [3.8, 4) is 0 Å². The van der Waals surface area contributed by atoms with Crippen LogP contribution in [0.3, 0.4) is 0 Å². The van der Waals surface area contributed by atoms with E-state index in [4.69, 9.17) is 5.73 Å². The zero-order chi connectivity index (χ0) is 13.7. The molecule has 0 saturated carbocycles. The Morgan fingerprint density at radius 2 is 1.95 bits per heavy atom. The molecule has 0 unspecified atom stereocenters. The van der Waals surface area contributed by atoms with Crippen molar-refractivity contribution >= 4 is 28.2 Å². The van der Waals surface area contributed by atoms with Crippen LogP contribution in [0.2, 0.25) is 0 Å². The molecular formula is C15H21N3S. The number of nitrogens with zero attached hydrogens (tertiary/aromatic N) is 2. The minimum atomic E-state index is 0.825. The number of nitrogens with two attached hydrogens (primary N) is 1. The number of fused-ring (bicyclic) bond motifs is 1. The molecule has 3 nitrogen and oxygen atoms in total. The van der Waals surface area contributed by atoms with E-state index < -0.39 is 0 Å². The molecular weight excluding hydrogens is 254 g/mol. The van der Waals surface area contributed by atoms with Crippen molar-refractivity contribution in [2.24, 2.45) is 0 Å². The average molecular weight is 275 g/mol. The molecule has 0 aliphatic carbocycles. The first-order valence-corrected chi connectivity index (χ1v) is 7.72. The van der Waals surface area contributed by atoms with Gasteiger partial charge < -0.3 is 10.6 Å². The second-order valence-electron chi connectivity index (χ2n) is 4.45. The summed E-state index contributed by atoms with van der Waals surface area (Å²) in [7, 11) is 0. The largest absolute Gasteiger partial charge is 0.398 e. The van der Waals surface area contributed by atoms with Crippen LogP contribution in [-0.2, 0) is 0 Å². The van der Waals surface area contributed by atoms with Crippen molar-refractivity contribution in [1.29, 1.82) is 0 Å². The van der Waals surface area contributed by atoms with Crippen molar-refractivity contribution in [2.75, 3.05) is 31.1 Å². The molecule has 0 aliphatic heterocycles. The third kappa shape index (κ3) is 3.39. The molecule has 0 saturated heterocycles. The van der Waals surface area contributed by atoms with Gasteiger partial charge in [0.15, 0.2) is 0 Å². The molecule has 0 atom stereocenters. The van der Waals surface area contributed by atoms with Crippen LogP contribution in [0.4, 0.5) is 5.69 Å². The van der Waals surface area contributed by atoms with Gasteiger partial charge in [-0.05, 0) is 31.3 Å². The van der Waals surface area contributed by atoms with Crippen LogP contribution in [-0.4, -0.2) is 35.3 Å². The van der Waals surface area contributed by atoms with Crippen molar-refractivity contribution in [2.45, 2.75) is 18.7 Å². The molecule has 1 heterocycles. The lowest BCUT2D eigenvalue weighted by Gasteiger charge is -2.17. The zero-order valence-corrected chi connectivity index (χ0v) is 12.4. The summed E-state index contributed by atoms with van der Waals surface area (Å²) in [6.07, 6.45) is 3.70. The van der Waals surface area contributed by atoms with Gasteiger partial charge in [0, 0.05) is 46.0 Å². The molecule has 0 fully saturated rings. The van der Waals surface area contributed by atoms with E-state index in [0.29, 0.717) is 0 Å². The Bertz CT molecular complexity index is 538. The van der Waals surface area contributed by atoms with Gasteiger partial charge in [-0.1, -0.05) is 13.8 Å². The number of thioether (sulfide) groups is 1. The first kappa shape index (κ1) is 14.2. The fraction of sp³-hybridized carbons (Fsp3) is 0.400. The predicted molar refractivity (Wildman–Crippen MR) is 84.7 cm³/mol. The Morgan fingerprint density at radius 3 is 2.68 bits per heavy atom. The molecule has 0 spiro atoms. The average Bonchev–Trinajstić information content (AvgIpc) is 2.46. The first-order valence-electron chi connectivity index (χ1n) is 6.73. The van der Waals surface area contributed by atoms with Crippen LogP contribution in [0.15, 0.2) is 35.5 Å². The Morgan fingerprint density at radius 1 is 1.16 bits per heavy atom. The van der Waals surface area contributed by atoms with Crippen molar-refractivity contribution < 1.29 is 0 Å². The monoisotopic (exact) mass is 275 g/mol. The number of hydrogen-bond donors (Lipinski definition) is 1. The number of pyridine rings is 1. The number of anilines is 1. The molecule has 2 aromatic rings. The lowest BCUT2D eigenvalue weighted by Crippen LogP contribution is -2.25. The number of benzene rings is 1. The Balaban J connectivity index is 2.11. The molecule has 2 N–H and O–H groups in total. The van der Waals surface area contributed by atoms with Crippen molar-refractivity contribution in [3.05, 3.63) is 30.6 Å². The SMILES string of the molecule is CCN(CC)CCSc1ccc(N)c2ccncc12. The lowest BCUT2D eigenvalue weighted by molar-refractivity contribution is 0.324. The summed E-state index contributed by atoms with van der Waals surface area (Å²) in [5, 5.41) is 2.26. The van der Waals surface area contributed by atoms with Gasteiger partial charge in [0.1, 0.15) is 0 Å². The summed E-state index contributed by atoms with van der Waals surface area (Å²) in [6, 6.07) is 6.08. The normalized spacial score (nSPS) is 11.3. The Hall–Kier alpha value is -1.26. The quantitative estimate of drug-likeness (QED) is 0.649. The highest BCUT2D eigenvalue weighted by Crippen LogP contribution is 2.30. The summed E-state index contributed by atoms with van der Waals surface area (Å²) < 4.78 is 0. The fourth-order valence-electron chi connectivity index (χ4n) is 2.14. The van der Waals surface area contributed by atoms with E-state index in [1.54, 1.807) is 6.20 Å². The molecule has 0 aliphatic rings. The summed E-state index contributed by atoms with van der Waals surface area (Å²) in [6.45, 7) is 7.75. The second-order valence-corrected chi connectivity index (χ2v) is 5.59. The van der Waals surface area contributed by atoms with E-state index >= 15 is 0 Å². The molecule has 4 heteroatoms. The molecule has 0 radical (unpaired) electrons. The third-order valence-corrected chi connectivity index (χ3v) is 4.43. The van der Waals surface area contributed by atoms with E-state index in [-0.39, 0.29) is 0 Å². The van der Waals surface area contributed by atoms with Gasteiger partial charge in [-0.3, -0.25) is 4.98 Å². The van der Waals surface area contributed by atoms with E-state index in [0.717, 1.165) is 41.8 Å². The van der Waals surface area contributed by atoms with Crippen molar-refractivity contribution in [3.63, 3.8) is 0 Å². The second kappa shape index (κ2) is 6.78. The highest BCUT2D eigenvalue weighted by molar-refractivity contribution is 7.99. The van der Waals surface area contributed by atoms with Gasteiger partial charge in [-0.15, -0.1) is 11.8 Å². The van der Waals surface area contributed by atoms with Gasteiger partial charge in [-0.25, -0.2) is 0 Å². The molecule has 0 bridgehead atoms. The van der Waals surface area contributed by atoms with Gasteiger partial charge in [0.2, 0.25) is 0 Å². The minimum absolute atomic E-state index is 0.825. The molecule has 102 valence electrons. The maximum atomic E-state index is 6.00. The lowest BCUT2D eigenvalue weighted by atomic mass is 10.1. The molecule has 19 heavy (non-hydrogen) atoms. The number of nitrogen functional groups attached to an aromatic ring is 1. The standard InChI is InChI=1S/C15H21N3S/c1-3-18(4-2)9-10-19-15-6-5-14(16)12-7-8-17-11-13(12)15/h5-8,11H,3-4,9-10,16H2,1-2H3. The van der Waals surface area contributed by atoms with Gasteiger partial charge in [0.05, 0.1) is 0 Å². The topological polar surface area (TPSA) is 42.1 Å². The smallest absolute Gasteiger partial charge is 0.0395 e. The Kier molecular flexibility index (Phi) is 5.05. The predicted octanol–water partition coefficient (Wildman–Crippen LogP) is 3.25. The van der Waals surface area contributed by atoms with Crippen LogP contribution in [0, 0.1) is 0 Å². The Labute approximate surface area is 119 Å². The fourth-order valence-corrected chi connectivity index (χ4v) is 3.19. The highest BCUT2D eigenvalue weighted by atomic mass is 32.2. The number of hydrogen-bond acceptors (Lipinski definition) is 4. The molecule has 1 aromatic carbocycles. The van der Waals surface area contributed by atoms with Crippen LogP contribution in [0.1, 0.15) is 13.8 Å². The number of rotatable bonds is 6. The van der Waals surface area contributed by atoms with Gasteiger partial charge in [0.25, 0.3) is 0 Å². The van der Waals surface area contributed by atoms with Crippen LogP contribution in [0.25, 0.3) is 10.8 Å². The van der Waals surface area contributed by atoms with Gasteiger partial charge in [-0.2, -0.15) is 0 Å². The van der Waals surface area contributed by atoms with Crippen LogP contribution >= 0.6 is 11.8 Å². The number of aromatic nitrogens is 1. The maximum Gasteiger partial charge on any atom is 0.0395 e. The van der Waals surface area contributed by atoms with Crippen LogP contribution in [0.5, 0.6) is 0 Å². The van der Waals surface area contributed by atoms with E-state index in [1.165, 1.54) is 4.90 Å². The van der Waals surface area contributed by atoms with Crippen molar-refractivity contribution in [1.82, 2.24) is 9.88 Å². The third-order valence-electron chi connectivity index (χ3n) is 3.37. The molecule has 0 amide bonds. The highest BCUT2D eigenvalue weighted by Gasteiger charge is 2.05. The summed E-state index contributed by atoms with van der Waals surface area (Å²) >= 11 is 1.88. The zero-order valence-electron chi connectivity index (χ0n) is 11.6. The maximum absolute atomic E-state index is 6.00. The summed E-state index contributed by atoms with van der Waals surface area (Å²) in [5.74, 6) is 1.09. The van der Waals surface area contributed by atoms with Crippen LogP contribution < -0.4 is 5.73 Å². The summed E-state index contributed by atoms with van der Waals surface area (Å²) in [4.78, 5) is 7.91. The minimum Gasteiger partial charge on any atom is -0.398 e. The molecule has 1 aromatic heterocycles. The van der Waals surface area contributed by atoms with E-state index in [1.807, 2.05) is 30.1 Å². The van der Waals surface area contributed by atoms with E-state index in [9.17, 15) is 0 Å².